The van der Waals surface area contributed by atoms with Crippen molar-refractivity contribution < 1.29 is 13.9 Å². The molecule has 0 fully saturated rings. The maximum absolute atomic E-state index is 13.5. The van der Waals surface area contributed by atoms with Gasteiger partial charge in [0.25, 0.3) is 0 Å². The molecule has 0 aliphatic rings. The summed E-state index contributed by atoms with van der Waals surface area (Å²) in [6, 6.07) is 8.19. The van der Waals surface area contributed by atoms with Crippen LogP contribution in [0.4, 0.5) is 4.39 Å². The van der Waals surface area contributed by atoms with Gasteiger partial charge in [0.05, 0.1) is 18.9 Å². The highest BCUT2D eigenvalue weighted by molar-refractivity contribution is 5.24. The predicted octanol–water partition coefficient (Wildman–Crippen LogP) is 2.55. The van der Waals surface area contributed by atoms with E-state index in [4.69, 9.17) is 4.42 Å². The number of furan rings is 1. The molecule has 1 heterocycles. The summed E-state index contributed by atoms with van der Waals surface area (Å²) in [7, 11) is 0. The van der Waals surface area contributed by atoms with Crippen molar-refractivity contribution in [1.82, 2.24) is 5.32 Å². The van der Waals surface area contributed by atoms with Crippen molar-refractivity contribution in [1.29, 1.82) is 0 Å². The van der Waals surface area contributed by atoms with E-state index in [-0.39, 0.29) is 18.5 Å². The highest BCUT2D eigenvalue weighted by atomic mass is 19.1. The Morgan fingerprint density at radius 2 is 2.22 bits per heavy atom. The van der Waals surface area contributed by atoms with Gasteiger partial charge in [-0.25, -0.2) is 4.39 Å². The van der Waals surface area contributed by atoms with Crippen molar-refractivity contribution in [2.45, 2.75) is 19.5 Å². The zero-order chi connectivity index (χ0) is 13.0. The molecular weight excluding hydrogens is 233 g/mol. The number of hydrogen-bond donors (Lipinski definition) is 2. The van der Waals surface area contributed by atoms with Gasteiger partial charge in [-0.3, -0.25) is 0 Å². The van der Waals surface area contributed by atoms with Gasteiger partial charge >= 0.3 is 0 Å². The Morgan fingerprint density at radius 1 is 1.39 bits per heavy atom. The standard InChI is InChI=1S/C14H16FNO2/c1-10-4-5-12(15)11(7-10)8-16-13(9-17)14-3-2-6-18-14/h2-7,13,16-17H,8-9H2,1H3. The van der Waals surface area contributed by atoms with Crippen LogP contribution >= 0.6 is 0 Å². The molecular formula is C14H16FNO2. The normalized spacial score (nSPS) is 12.6. The first-order valence-electron chi connectivity index (χ1n) is 5.83. The fourth-order valence-electron chi connectivity index (χ4n) is 1.82. The van der Waals surface area contributed by atoms with E-state index in [0.29, 0.717) is 17.9 Å². The third kappa shape index (κ3) is 2.97. The minimum absolute atomic E-state index is 0.0963. The summed E-state index contributed by atoms with van der Waals surface area (Å²) >= 11 is 0. The van der Waals surface area contributed by atoms with Gasteiger partial charge in [0.1, 0.15) is 11.6 Å². The average molecular weight is 249 g/mol. The summed E-state index contributed by atoms with van der Waals surface area (Å²) in [5, 5.41) is 12.4. The molecule has 0 aliphatic carbocycles. The van der Waals surface area contributed by atoms with Crippen molar-refractivity contribution >= 4 is 0 Å². The quantitative estimate of drug-likeness (QED) is 0.856. The van der Waals surface area contributed by atoms with E-state index in [1.807, 2.05) is 6.92 Å². The van der Waals surface area contributed by atoms with Crippen molar-refractivity contribution in [2.75, 3.05) is 6.61 Å². The SMILES string of the molecule is Cc1ccc(F)c(CNC(CO)c2ccco2)c1. The van der Waals surface area contributed by atoms with Crippen LogP contribution < -0.4 is 5.32 Å². The van der Waals surface area contributed by atoms with Crippen LogP contribution in [0.1, 0.15) is 22.9 Å². The summed E-state index contributed by atoms with van der Waals surface area (Å²) in [5.74, 6) is 0.398. The lowest BCUT2D eigenvalue weighted by Gasteiger charge is -2.14. The smallest absolute Gasteiger partial charge is 0.127 e. The molecule has 4 heteroatoms. The van der Waals surface area contributed by atoms with E-state index >= 15 is 0 Å². The molecule has 1 atom stereocenters. The highest BCUT2D eigenvalue weighted by Gasteiger charge is 2.13. The van der Waals surface area contributed by atoms with Crippen molar-refractivity contribution in [3.05, 3.63) is 59.3 Å². The molecule has 3 nitrogen and oxygen atoms in total. The summed E-state index contributed by atoms with van der Waals surface area (Å²) in [6.45, 7) is 2.17. The second-order valence-corrected chi connectivity index (χ2v) is 4.23. The number of aryl methyl sites for hydroxylation is 1. The molecule has 2 aromatic rings. The van der Waals surface area contributed by atoms with Gasteiger partial charge in [0.15, 0.2) is 0 Å². The van der Waals surface area contributed by atoms with E-state index in [1.54, 1.807) is 30.5 Å². The van der Waals surface area contributed by atoms with Crippen molar-refractivity contribution in [3.63, 3.8) is 0 Å². The van der Waals surface area contributed by atoms with Gasteiger partial charge in [-0.2, -0.15) is 0 Å². The third-order valence-electron chi connectivity index (χ3n) is 2.81. The first kappa shape index (κ1) is 12.8. The third-order valence-corrected chi connectivity index (χ3v) is 2.81. The first-order chi connectivity index (χ1) is 8.70. The van der Waals surface area contributed by atoms with E-state index in [1.165, 1.54) is 6.07 Å². The Bertz CT molecular complexity index is 497. The molecule has 1 aromatic heterocycles. The van der Waals surface area contributed by atoms with Gasteiger partial charge in [-0.05, 0) is 25.1 Å². The fraction of sp³-hybridized carbons (Fsp3) is 0.286. The molecule has 0 saturated heterocycles. The topological polar surface area (TPSA) is 45.4 Å². The van der Waals surface area contributed by atoms with Crippen LogP contribution in [-0.4, -0.2) is 11.7 Å². The molecule has 1 aromatic carbocycles. The van der Waals surface area contributed by atoms with Gasteiger partial charge in [0, 0.05) is 12.1 Å². The highest BCUT2D eigenvalue weighted by Crippen LogP contribution is 2.15. The number of aliphatic hydroxyl groups is 1. The number of halogens is 1. The second-order valence-electron chi connectivity index (χ2n) is 4.23. The monoisotopic (exact) mass is 249 g/mol. The zero-order valence-electron chi connectivity index (χ0n) is 10.2. The predicted molar refractivity (Wildman–Crippen MR) is 66.5 cm³/mol. The number of hydrogen-bond acceptors (Lipinski definition) is 3. The summed E-state index contributed by atoms with van der Waals surface area (Å²) in [5.41, 5.74) is 1.59. The number of nitrogens with one attached hydrogen (secondary N) is 1. The van der Waals surface area contributed by atoms with Crippen molar-refractivity contribution in [3.8, 4) is 0 Å². The Labute approximate surface area is 105 Å². The lowest BCUT2D eigenvalue weighted by atomic mass is 10.1. The van der Waals surface area contributed by atoms with E-state index < -0.39 is 0 Å². The number of rotatable bonds is 5. The van der Waals surface area contributed by atoms with Crippen LogP contribution in [0, 0.1) is 12.7 Å². The van der Waals surface area contributed by atoms with Gasteiger partial charge in [-0.15, -0.1) is 0 Å². The summed E-state index contributed by atoms with van der Waals surface area (Å²) in [6.07, 6.45) is 1.55. The van der Waals surface area contributed by atoms with E-state index in [0.717, 1.165) is 5.56 Å². The van der Waals surface area contributed by atoms with Gasteiger partial charge in [-0.1, -0.05) is 17.7 Å². The second kappa shape index (κ2) is 5.80. The lowest BCUT2D eigenvalue weighted by molar-refractivity contribution is 0.225. The van der Waals surface area contributed by atoms with Crippen LogP contribution in [0.5, 0.6) is 0 Å². The minimum atomic E-state index is -0.320. The molecule has 0 amide bonds. The Balaban J connectivity index is 2.04. The molecule has 0 spiro atoms. The van der Waals surface area contributed by atoms with Gasteiger partial charge in [0.2, 0.25) is 0 Å². The summed E-state index contributed by atoms with van der Waals surface area (Å²) < 4.78 is 18.8. The average Bonchev–Trinajstić information content (AvgIpc) is 2.88. The molecule has 0 bridgehead atoms. The van der Waals surface area contributed by atoms with Crippen LogP contribution in [0.25, 0.3) is 0 Å². The fourth-order valence-corrected chi connectivity index (χ4v) is 1.82. The first-order valence-corrected chi connectivity index (χ1v) is 5.83. The molecule has 0 saturated carbocycles. The molecule has 0 radical (unpaired) electrons. The molecule has 2 rings (SSSR count). The Morgan fingerprint density at radius 3 is 2.89 bits per heavy atom. The molecule has 96 valence electrons. The molecule has 0 aliphatic heterocycles. The number of benzene rings is 1. The Hall–Kier alpha value is -1.65. The maximum Gasteiger partial charge on any atom is 0.127 e. The van der Waals surface area contributed by atoms with Crippen LogP contribution in [0.3, 0.4) is 0 Å². The van der Waals surface area contributed by atoms with Crippen LogP contribution in [0.15, 0.2) is 41.0 Å². The minimum Gasteiger partial charge on any atom is -0.468 e. The van der Waals surface area contributed by atoms with Crippen LogP contribution in [-0.2, 0) is 6.54 Å². The summed E-state index contributed by atoms with van der Waals surface area (Å²) in [4.78, 5) is 0. The molecule has 18 heavy (non-hydrogen) atoms. The lowest BCUT2D eigenvalue weighted by Crippen LogP contribution is -2.24. The van der Waals surface area contributed by atoms with Crippen LogP contribution in [0.2, 0.25) is 0 Å². The number of aliphatic hydroxyl groups excluding tert-OH is 1. The molecule has 2 N–H and O–H groups in total. The van der Waals surface area contributed by atoms with Crippen molar-refractivity contribution in [2.24, 2.45) is 0 Å². The Kier molecular flexibility index (Phi) is 4.12. The van der Waals surface area contributed by atoms with E-state index in [9.17, 15) is 9.50 Å². The van der Waals surface area contributed by atoms with Gasteiger partial charge < -0.3 is 14.8 Å². The van der Waals surface area contributed by atoms with E-state index in [2.05, 4.69) is 5.32 Å². The largest absolute Gasteiger partial charge is 0.468 e. The molecule has 1 unspecified atom stereocenters. The zero-order valence-corrected chi connectivity index (χ0v) is 10.2. The maximum atomic E-state index is 13.5.